The lowest BCUT2D eigenvalue weighted by Crippen LogP contribution is -2.24. The van der Waals surface area contributed by atoms with Crippen molar-refractivity contribution in [3.05, 3.63) is 98.1 Å². The number of nitro benzene ring substituents is 2. The molecule has 0 heterocycles. The largest absolute Gasteiger partial charge is 0.484 e. The summed E-state index contributed by atoms with van der Waals surface area (Å²) in [5, 5.41) is 26.1. The Balaban J connectivity index is 1.57. The quantitative estimate of drug-likeness (QED) is 0.216. The van der Waals surface area contributed by atoms with Crippen molar-refractivity contribution in [3.8, 4) is 17.2 Å². The minimum Gasteiger partial charge on any atom is -0.484 e. The van der Waals surface area contributed by atoms with E-state index in [1.54, 1.807) is 18.2 Å². The highest BCUT2D eigenvalue weighted by atomic mass is 16.6. The minimum absolute atomic E-state index is 0.151. The highest BCUT2D eigenvalue weighted by Crippen LogP contribution is 2.34. The molecule has 36 heavy (non-hydrogen) atoms. The van der Waals surface area contributed by atoms with E-state index < -0.39 is 27.1 Å². The molecule has 1 amide bonds. The molecule has 1 atom stereocenters. The Labute approximate surface area is 206 Å². The van der Waals surface area contributed by atoms with E-state index in [1.807, 2.05) is 24.3 Å². The average molecular weight is 492 g/mol. The summed E-state index contributed by atoms with van der Waals surface area (Å²) in [5.41, 5.74) is 3.15. The van der Waals surface area contributed by atoms with Gasteiger partial charge in [0.25, 0.3) is 11.6 Å². The standard InChI is InChI=1S/C25H24N4O7/c1-3-17(2)19-7-10-21(11-8-19)35-16-25(30)27-26-15-18-5-4-6-22(13-18)36-24-12-9-20(28(31)32)14-23(24)29(33)34/h4-15,17H,3,16H2,1-2H3,(H,27,30)/b26-15-/t17-/m0/s1. The maximum absolute atomic E-state index is 12.0. The zero-order chi connectivity index (χ0) is 26.1. The van der Waals surface area contributed by atoms with E-state index >= 15 is 0 Å². The Morgan fingerprint density at radius 3 is 2.44 bits per heavy atom. The summed E-state index contributed by atoms with van der Waals surface area (Å²) in [6, 6.07) is 17.1. The fourth-order valence-electron chi connectivity index (χ4n) is 3.12. The van der Waals surface area contributed by atoms with Gasteiger partial charge in [0.15, 0.2) is 6.61 Å². The van der Waals surface area contributed by atoms with Gasteiger partial charge in [-0.2, -0.15) is 5.10 Å². The van der Waals surface area contributed by atoms with Gasteiger partial charge in [0.1, 0.15) is 11.5 Å². The number of amides is 1. The van der Waals surface area contributed by atoms with E-state index in [0.717, 1.165) is 24.6 Å². The number of non-ortho nitro benzene ring substituents is 1. The van der Waals surface area contributed by atoms with E-state index in [9.17, 15) is 25.0 Å². The molecule has 0 aliphatic carbocycles. The van der Waals surface area contributed by atoms with Gasteiger partial charge in [0.2, 0.25) is 5.75 Å². The fourth-order valence-corrected chi connectivity index (χ4v) is 3.12. The summed E-state index contributed by atoms with van der Waals surface area (Å²) in [7, 11) is 0. The topological polar surface area (TPSA) is 146 Å². The Morgan fingerprint density at radius 1 is 1.03 bits per heavy atom. The molecule has 0 spiro atoms. The molecule has 11 heteroatoms. The van der Waals surface area contributed by atoms with Gasteiger partial charge in [0, 0.05) is 6.07 Å². The molecule has 0 aromatic heterocycles. The van der Waals surface area contributed by atoms with Crippen molar-refractivity contribution < 1.29 is 24.1 Å². The molecule has 0 aliphatic heterocycles. The minimum atomic E-state index is -0.759. The monoisotopic (exact) mass is 492 g/mol. The van der Waals surface area contributed by atoms with Crippen LogP contribution in [0.3, 0.4) is 0 Å². The van der Waals surface area contributed by atoms with E-state index in [-0.39, 0.29) is 18.1 Å². The molecular weight excluding hydrogens is 468 g/mol. The SMILES string of the molecule is CC[C@H](C)c1ccc(OCC(=O)N/N=C\c2cccc(Oc3ccc([N+](=O)[O-])cc3[N+](=O)[O-])c2)cc1. The van der Waals surface area contributed by atoms with Crippen LogP contribution in [0, 0.1) is 20.2 Å². The number of benzene rings is 3. The molecule has 0 aliphatic rings. The van der Waals surface area contributed by atoms with Crippen LogP contribution >= 0.6 is 0 Å². The summed E-state index contributed by atoms with van der Waals surface area (Å²) >= 11 is 0. The van der Waals surface area contributed by atoms with Crippen LogP contribution < -0.4 is 14.9 Å². The number of ether oxygens (including phenoxy) is 2. The van der Waals surface area contributed by atoms with Crippen molar-refractivity contribution in [2.45, 2.75) is 26.2 Å². The maximum Gasteiger partial charge on any atom is 0.318 e. The number of carbonyl (C=O) groups excluding carboxylic acids is 1. The molecule has 0 radical (unpaired) electrons. The number of nitrogens with zero attached hydrogens (tertiary/aromatic N) is 3. The first-order valence-electron chi connectivity index (χ1n) is 11.0. The summed E-state index contributed by atoms with van der Waals surface area (Å²) < 4.78 is 11.0. The maximum atomic E-state index is 12.0. The van der Waals surface area contributed by atoms with Crippen molar-refractivity contribution in [2.75, 3.05) is 6.61 Å². The molecule has 3 aromatic carbocycles. The molecule has 186 valence electrons. The zero-order valence-electron chi connectivity index (χ0n) is 19.6. The van der Waals surface area contributed by atoms with Crippen molar-refractivity contribution in [2.24, 2.45) is 5.10 Å². The first-order chi connectivity index (χ1) is 17.3. The predicted molar refractivity (Wildman–Crippen MR) is 133 cm³/mol. The molecule has 0 saturated heterocycles. The molecule has 0 fully saturated rings. The summed E-state index contributed by atoms with van der Waals surface area (Å²) in [6.45, 7) is 4.05. The average Bonchev–Trinajstić information content (AvgIpc) is 2.87. The van der Waals surface area contributed by atoms with Gasteiger partial charge < -0.3 is 9.47 Å². The lowest BCUT2D eigenvalue weighted by molar-refractivity contribution is -0.394. The van der Waals surface area contributed by atoms with Crippen molar-refractivity contribution in [1.82, 2.24) is 5.43 Å². The molecule has 1 N–H and O–H groups in total. The van der Waals surface area contributed by atoms with Crippen molar-refractivity contribution in [1.29, 1.82) is 0 Å². The van der Waals surface area contributed by atoms with Crippen LogP contribution in [0.1, 0.15) is 37.3 Å². The number of rotatable bonds is 11. The van der Waals surface area contributed by atoms with Crippen LogP contribution in [0.15, 0.2) is 71.8 Å². The molecule has 3 aromatic rings. The molecular formula is C25H24N4O7. The second kappa shape index (κ2) is 12.1. The van der Waals surface area contributed by atoms with E-state index in [0.29, 0.717) is 17.2 Å². The van der Waals surface area contributed by atoms with Gasteiger partial charge >= 0.3 is 5.69 Å². The van der Waals surface area contributed by atoms with E-state index in [2.05, 4.69) is 24.4 Å². The number of hydrogen-bond acceptors (Lipinski definition) is 8. The van der Waals surface area contributed by atoms with Gasteiger partial charge in [-0.3, -0.25) is 25.0 Å². The molecule has 11 nitrogen and oxygen atoms in total. The third-order valence-electron chi connectivity index (χ3n) is 5.27. The Bertz CT molecular complexity index is 1280. The molecule has 0 unspecified atom stereocenters. The van der Waals surface area contributed by atoms with Crippen LogP contribution in [-0.2, 0) is 4.79 Å². The third-order valence-corrected chi connectivity index (χ3v) is 5.27. The Morgan fingerprint density at radius 2 is 1.78 bits per heavy atom. The summed E-state index contributed by atoms with van der Waals surface area (Å²) in [4.78, 5) is 32.7. The first-order valence-corrected chi connectivity index (χ1v) is 11.0. The van der Waals surface area contributed by atoms with Gasteiger partial charge in [-0.25, -0.2) is 5.43 Å². The second-order valence-electron chi connectivity index (χ2n) is 7.80. The number of hydrazone groups is 1. The van der Waals surface area contributed by atoms with Crippen LogP contribution in [-0.4, -0.2) is 28.6 Å². The molecule has 0 saturated carbocycles. The predicted octanol–water partition coefficient (Wildman–Crippen LogP) is 5.34. The van der Waals surface area contributed by atoms with Crippen molar-refractivity contribution in [3.63, 3.8) is 0 Å². The van der Waals surface area contributed by atoms with Crippen LogP contribution in [0.4, 0.5) is 11.4 Å². The number of nitrogens with one attached hydrogen (secondary N) is 1. The fraction of sp³-hybridized carbons (Fsp3) is 0.200. The lowest BCUT2D eigenvalue weighted by Gasteiger charge is -2.10. The summed E-state index contributed by atoms with van der Waals surface area (Å²) in [5.74, 6) is 0.663. The van der Waals surface area contributed by atoms with Crippen LogP contribution in [0.5, 0.6) is 17.2 Å². The first kappa shape index (κ1) is 25.8. The van der Waals surface area contributed by atoms with Gasteiger partial charge in [-0.15, -0.1) is 0 Å². The summed E-state index contributed by atoms with van der Waals surface area (Å²) in [6.07, 6.45) is 2.41. The molecule has 0 bridgehead atoms. The smallest absolute Gasteiger partial charge is 0.318 e. The molecule has 3 rings (SSSR count). The van der Waals surface area contributed by atoms with Gasteiger partial charge in [-0.1, -0.05) is 38.1 Å². The van der Waals surface area contributed by atoms with Gasteiger partial charge in [-0.05, 0) is 53.8 Å². The van der Waals surface area contributed by atoms with E-state index in [1.165, 1.54) is 17.8 Å². The second-order valence-corrected chi connectivity index (χ2v) is 7.80. The normalized spacial score (nSPS) is 11.6. The van der Waals surface area contributed by atoms with Gasteiger partial charge in [0.05, 0.1) is 22.1 Å². The number of carbonyl (C=O) groups is 1. The lowest BCUT2D eigenvalue weighted by atomic mass is 9.99. The number of hydrogen-bond donors (Lipinski definition) is 1. The third kappa shape index (κ3) is 7.10. The Kier molecular flexibility index (Phi) is 8.65. The highest BCUT2D eigenvalue weighted by molar-refractivity contribution is 5.83. The van der Waals surface area contributed by atoms with Crippen molar-refractivity contribution >= 4 is 23.5 Å². The van der Waals surface area contributed by atoms with E-state index in [4.69, 9.17) is 9.47 Å². The Hall–Kier alpha value is -4.80. The highest BCUT2D eigenvalue weighted by Gasteiger charge is 2.21. The van der Waals surface area contributed by atoms with Crippen LogP contribution in [0.2, 0.25) is 0 Å². The zero-order valence-corrected chi connectivity index (χ0v) is 19.6. The van der Waals surface area contributed by atoms with Crippen LogP contribution in [0.25, 0.3) is 0 Å². The number of nitro groups is 2.